The van der Waals surface area contributed by atoms with Gasteiger partial charge in [0.1, 0.15) is 0 Å². The van der Waals surface area contributed by atoms with Gasteiger partial charge in [0.2, 0.25) is 0 Å². The van der Waals surface area contributed by atoms with Gasteiger partial charge in [-0.15, -0.1) is 0 Å². The Bertz CT molecular complexity index is 397. The second-order valence-corrected chi connectivity index (χ2v) is 5.71. The molecule has 0 aromatic rings. The number of hydrogen-bond donors (Lipinski definition) is 2. The van der Waals surface area contributed by atoms with Crippen LogP contribution in [0.4, 0.5) is 4.79 Å². The molecule has 3 amide bonds. The molecule has 2 aliphatic rings. The van der Waals surface area contributed by atoms with Crippen molar-refractivity contribution in [2.75, 3.05) is 13.2 Å². The predicted octanol–water partition coefficient (Wildman–Crippen LogP) is 1.20. The van der Waals surface area contributed by atoms with Crippen LogP contribution in [0.15, 0.2) is 0 Å². The third kappa shape index (κ3) is 3.95. The molecule has 2 rings (SSSR count). The monoisotopic (exact) mass is 282 g/mol. The second-order valence-electron chi connectivity index (χ2n) is 5.71. The number of hydrogen-bond acceptors (Lipinski definition) is 4. The highest BCUT2D eigenvalue weighted by atomic mass is 16.5. The first-order chi connectivity index (χ1) is 9.58. The van der Waals surface area contributed by atoms with Gasteiger partial charge in [-0.25, -0.2) is 4.79 Å². The summed E-state index contributed by atoms with van der Waals surface area (Å²) in [7, 11) is 0. The van der Waals surface area contributed by atoms with E-state index in [1.165, 1.54) is 19.3 Å². The van der Waals surface area contributed by atoms with Crippen molar-refractivity contribution in [3.05, 3.63) is 0 Å². The first kappa shape index (κ1) is 14.8. The van der Waals surface area contributed by atoms with Gasteiger partial charge in [0.15, 0.2) is 6.61 Å². The molecule has 2 N–H and O–H groups in total. The van der Waals surface area contributed by atoms with Gasteiger partial charge in [-0.05, 0) is 43.9 Å². The lowest BCUT2D eigenvalue weighted by molar-refractivity contribution is -0.149. The Morgan fingerprint density at radius 3 is 2.60 bits per heavy atom. The molecule has 2 fully saturated rings. The summed E-state index contributed by atoms with van der Waals surface area (Å²) in [5.41, 5.74) is 0. The predicted molar refractivity (Wildman–Crippen MR) is 71.7 cm³/mol. The van der Waals surface area contributed by atoms with Gasteiger partial charge >= 0.3 is 12.0 Å². The number of rotatable bonds is 5. The molecule has 0 aromatic carbocycles. The molecule has 3 atom stereocenters. The third-order valence-corrected chi connectivity index (χ3v) is 4.27. The minimum absolute atomic E-state index is 0.339. The molecular weight excluding hydrogens is 260 g/mol. The van der Waals surface area contributed by atoms with Gasteiger partial charge in [0.05, 0.1) is 0 Å². The van der Waals surface area contributed by atoms with Gasteiger partial charge in [0.25, 0.3) is 5.91 Å². The van der Waals surface area contributed by atoms with E-state index in [0.717, 1.165) is 12.3 Å². The van der Waals surface area contributed by atoms with E-state index < -0.39 is 18.5 Å². The molecule has 0 saturated heterocycles. The standard InChI is InChI=1S/C14H22N2O4/c1-2-15-14(19)16-12(17)8-20-13(18)7-11-6-9-3-4-10(11)5-9/h9-11H,2-8H2,1H3,(H2,15,16,17,19)/t9-,10+,11+/m0/s1. The van der Waals surface area contributed by atoms with Crippen molar-refractivity contribution in [1.29, 1.82) is 0 Å². The van der Waals surface area contributed by atoms with Crippen molar-refractivity contribution in [3.8, 4) is 0 Å². The van der Waals surface area contributed by atoms with Crippen molar-refractivity contribution in [2.45, 2.75) is 39.0 Å². The topological polar surface area (TPSA) is 84.5 Å². The van der Waals surface area contributed by atoms with Crippen LogP contribution in [0.3, 0.4) is 0 Å². The largest absolute Gasteiger partial charge is 0.456 e. The molecule has 6 heteroatoms. The molecule has 2 aliphatic carbocycles. The number of carbonyl (C=O) groups excluding carboxylic acids is 3. The average Bonchev–Trinajstić information content (AvgIpc) is 2.99. The molecule has 0 heterocycles. The summed E-state index contributed by atoms with van der Waals surface area (Å²) in [6.07, 6.45) is 5.28. The zero-order valence-electron chi connectivity index (χ0n) is 11.8. The van der Waals surface area contributed by atoms with E-state index in [9.17, 15) is 14.4 Å². The van der Waals surface area contributed by atoms with Crippen molar-refractivity contribution >= 4 is 17.9 Å². The Morgan fingerprint density at radius 1 is 1.20 bits per heavy atom. The van der Waals surface area contributed by atoms with Crippen LogP contribution in [0.1, 0.15) is 39.0 Å². The van der Waals surface area contributed by atoms with E-state index in [4.69, 9.17) is 4.74 Å². The minimum Gasteiger partial charge on any atom is -0.456 e. The average molecular weight is 282 g/mol. The van der Waals surface area contributed by atoms with Gasteiger partial charge in [-0.2, -0.15) is 0 Å². The van der Waals surface area contributed by atoms with E-state index in [1.807, 2.05) is 0 Å². The van der Waals surface area contributed by atoms with Crippen LogP contribution in [0.25, 0.3) is 0 Å². The molecule has 112 valence electrons. The summed E-state index contributed by atoms with van der Waals surface area (Å²) in [6.45, 7) is 1.79. The molecular formula is C14H22N2O4. The Balaban J connectivity index is 1.62. The lowest BCUT2D eigenvalue weighted by Crippen LogP contribution is -2.41. The zero-order valence-corrected chi connectivity index (χ0v) is 11.8. The van der Waals surface area contributed by atoms with Crippen molar-refractivity contribution in [3.63, 3.8) is 0 Å². The molecule has 0 aromatic heterocycles. The minimum atomic E-state index is -0.600. The van der Waals surface area contributed by atoms with E-state index in [2.05, 4.69) is 10.6 Å². The van der Waals surface area contributed by atoms with Gasteiger partial charge in [-0.1, -0.05) is 6.42 Å². The Morgan fingerprint density at radius 2 is 2.00 bits per heavy atom. The van der Waals surface area contributed by atoms with Crippen LogP contribution >= 0.6 is 0 Å². The van der Waals surface area contributed by atoms with Crippen LogP contribution in [-0.2, 0) is 14.3 Å². The zero-order chi connectivity index (χ0) is 14.5. The number of carbonyl (C=O) groups is 3. The van der Waals surface area contributed by atoms with Gasteiger partial charge < -0.3 is 10.1 Å². The molecule has 20 heavy (non-hydrogen) atoms. The van der Waals surface area contributed by atoms with Crippen molar-refractivity contribution < 1.29 is 19.1 Å². The maximum atomic E-state index is 11.7. The summed E-state index contributed by atoms with van der Waals surface area (Å²) in [5.74, 6) is 0.939. The molecule has 2 saturated carbocycles. The Hall–Kier alpha value is -1.59. The first-order valence-electron chi connectivity index (χ1n) is 7.31. The molecule has 0 unspecified atom stereocenters. The fourth-order valence-corrected chi connectivity index (χ4v) is 3.41. The second kappa shape index (κ2) is 6.72. The summed E-state index contributed by atoms with van der Waals surface area (Å²) in [4.78, 5) is 34.1. The smallest absolute Gasteiger partial charge is 0.321 e. The summed E-state index contributed by atoms with van der Waals surface area (Å²) in [6, 6.07) is -0.568. The van der Waals surface area contributed by atoms with Gasteiger partial charge in [-0.3, -0.25) is 14.9 Å². The fourth-order valence-electron chi connectivity index (χ4n) is 3.41. The fraction of sp³-hybridized carbons (Fsp3) is 0.786. The normalized spacial score (nSPS) is 27.1. The number of esters is 1. The number of fused-ring (bicyclic) bond motifs is 2. The third-order valence-electron chi connectivity index (χ3n) is 4.27. The van der Waals surface area contributed by atoms with Crippen LogP contribution in [0.5, 0.6) is 0 Å². The lowest BCUT2D eigenvalue weighted by Gasteiger charge is -2.20. The summed E-state index contributed by atoms with van der Waals surface area (Å²) >= 11 is 0. The number of imide groups is 1. The number of ether oxygens (including phenoxy) is 1. The SMILES string of the molecule is CCNC(=O)NC(=O)COC(=O)C[C@H]1C[C@H]2CC[C@@H]1C2. The summed E-state index contributed by atoms with van der Waals surface area (Å²) in [5, 5.41) is 4.52. The highest BCUT2D eigenvalue weighted by Crippen LogP contribution is 2.49. The van der Waals surface area contributed by atoms with E-state index >= 15 is 0 Å². The first-order valence-corrected chi connectivity index (χ1v) is 7.31. The van der Waals surface area contributed by atoms with E-state index in [1.54, 1.807) is 6.92 Å². The number of amides is 3. The lowest BCUT2D eigenvalue weighted by atomic mass is 9.86. The van der Waals surface area contributed by atoms with Gasteiger partial charge in [0, 0.05) is 13.0 Å². The number of urea groups is 1. The van der Waals surface area contributed by atoms with Crippen molar-refractivity contribution in [2.24, 2.45) is 17.8 Å². The Labute approximate surface area is 118 Å². The quantitative estimate of drug-likeness (QED) is 0.742. The molecule has 6 nitrogen and oxygen atoms in total. The maximum absolute atomic E-state index is 11.7. The Kier molecular flexibility index (Phi) is 4.98. The van der Waals surface area contributed by atoms with Crippen LogP contribution in [0.2, 0.25) is 0 Å². The maximum Gasteiger partial charge on any atom is 0.321 e. The van der Waals surface area contributed by atoms with Crippen LogP contribution in [0, 0.1) is 17.8 Å². The highest BCUT2D eigenvalue weighted by molar-refractivity contribution is 5.95. The molecule has 0 radical (unpaired) electrons. The highest BCUT2D eigenvalue weighted by Gasteiger charge is 2.40. The van der Waals surface area contributed by atoms with Crippen LogP contribution < -0.4 is 10.6 Å². The van der Waals surface area contributed by atoms with E-state index in [-0.39, 0.29) is 5.97 Å². The van der Waals surface area contributed by atoms with Crippen molar-refractivity contribution in [1.82, 2.24) is 10.6 Å². The molecule has 0 spiro atoms. The molecule has 0 aliphatic heterocycles. The van der Waals surface area contributed by atoms with E-state index in [0.29, 0.717) is 24.8 Å². The molecule has 2 bridgehead atoms. The summed E-state index contributed by atoms with van der Waals surface area (Å²) < 4.78 is 4.92. The number of nitrogens with one attached hydrogen (secondary N) is 2. The van der Waals surface area contributed by atoms with Crippen LogP contribution in [-0.4, -0.2) is 31.1 Å².